The lowest BCUT2D eigenvalue weighted by molar-refractivity contribution is 0.318. The summed E-state index contributed by atoms with van der Waals surface area (Å²) in [4.78, 5) is 0. The molecule has 0 radical (unpaired) electrons. The van der Waals surface area contributed by atoms with E-state index in [0.717, 1.165) is 12.1 Å². The molecule has 0 heterocycles. The van der Waals surface area contributed by atoms with Crippen molar-refractivity contribution in [3.05, 3.63) is 58.9 Å². The van der Waals surface area contributed by atoms with Crippen molar-refractivity contribution < 1.29 is 19.8 Å². The molecule has 0 amide bonds. The maximum Gasteiger partial charge on any atom is 0.170 e. The maximum atomic E-state index is 13.6. The highest BCUT2D eigenvalue weighted by Crippen LogP contribution is 2.28. The Morgan fingerprint density at radius 2 is 1.81 bits per heavy atom. The van der Waals surface area contributed by atoms with Gasteiger partial charge in [0.2, 0.25) is 0 Å². The Morgan fingerprint density at radius 3 is 2.52 bits per heavy atom. The lowest BCUT2D eigenvalue weighted by Gasteiger charge is -2.02. The van der Waals surface area contributed by atoms with Crippen LogP contribution in [0.2, 0.25) is 0 Å². The fraction of sp³-hybridized carbons (Fsp3) is 0. The minimum absolute atomic E-state index is 0.0290. The lowest BCUT2D eigenvalue weighted by atomic mass is 10.1. The number of phenolic OH excluding ortho intramolecular Hbond substituents is 2. The van der Waals surface area contributed by atoms with Gasteiger partial charge in [0.05, 0.1) is 0 Å². The number of oxime groups is 1. The first-order valence-electron chi connectivity index (χ1n) is 5.99. The second-order valence-electron chi connectivity index (χ2n) is 4.31. The van der Waals surface area contributed by atoms with E-state index in [1.54, 1.807) is 30.3 Å². The number of phenols is 2. The largest absolute Gasteiger partial charge is 0.504 e. The fourth-order valence-electron chi connectivity index (χ4n) is 1.74. The molecule has 0 unspecified atom stereocenters. The number of nitrogens with zero attached hydrogens (tertiary/aromatic N) is 1. The van der Waals surface area contributed by atoms with Gasteiger partial charge in [0, 0.05) is 17.2 Å². The molecule has 2 aromatic rings. The van der Waals surface area contributed by atoms with Crippen molar-refractivity contribution in [3.8, 4) is 11.5 Å². The molecular formula is C15H13FN2O3. The summed E-state index contributed by atoms with van der Waals surface area (Å²) in [6.45, 7) is 0. The molecular weight excluding hydrogens is 275 g/mol. The highest BCUT2D eigenvalue weighted by Gasteiger charge is 2.06. The Kier molecular flexibility index (Phi) is 4.08. The zero-order valence-corrected chi connectivity index (χ0v) is 10.9. The first kappa shape index (κ1) is 14.4. The van der Waals surface area contributed by atoms with Crippen molar-refractivity contribution in [2.75, 3.05) is 0 Å². The number of hydrogen-bond donors (Lipinski definition) is 4. The molecule has 0 aromatic heterocycles. The molecule has 2 aromatic carbocycles. The summed E-state index contributed by atoms with van der Waals surface area (Å²) in [6, 6.07) is 8.74. The number of hydrogen-bond acceptors (Lipinski definition) is 4. The van der Waals surface area contributed by atoms with E-state index in [-0.39, 0.29) is 11.4 Å². The van der Waals surface area contributed by atoms with E-state index < -0.39 is 17.3 Å². The summed E-state index contributed by atoms with van der Waals surface area (Å²) >= 11 is 0. The van der Waals surface area contributed by atoms with Gasteiger partial charge in [-0.1, -0.05) is 35.5 Å². The molecule has 108 valence electrons. The van der Waals surface area contributed by atoms with Crippen molar-refractivity contribution >= 4 is 18.0 Å². The number of halogens is 1. The van der Waals surface area contributed by atoms with E-state index in [1.165, 1.54) is 6.08 Å². The van der Waals surface area contributed by atoms with Crippen molar-refractivity contribution in [3.63, 3.8) is 0 Å². The average molecular weight is 288 g/mol. The summed E-state index contributed by atoms with van der Waals surface area (Å²) in [5, 5.41) is 30.1. The van der Waals surface area contributed by atoms with Gasteiger partial charge in [-0.05, 0) is 17.7 Å². The van der Waals surface area contributed by atoms with Gasteiger partial charge in [-0.3, -0.25) is 0 Å². The van der Waals surface area contributed by atoms with Gasteiger partial charge in [0.1, 0.15) is 5.82 Å². The molecule has 0 spiro atoms. The van der Waals surface area contributed by atoms with Gasteiger partial charge in [0.15, 0.2) is 17.3 Å². The van der Waals surface area contributed by atoms with Gasteiger partial charge < -0.3 is 21.2 Å². The Labute approximate surface area is 120 Å². The van der Waals surface area contributed by atoms with Crippen LogP contribution in [0, 0.1) is 5.82 Å². The first-order valence-corrected chi connectivity index (χ1v) is 5.99. The highest BCUT2D eigenvalue weighted by atomic mass is 19.1. The third-order valence-electron chi connectivity index (χ3n) is 2.84. The van der Waals surface area contributed by atoms with Crippen molar-refractivity contribution in [2.24, 2.45) is 10.9 Å². The van der Waals surface area contributed by atoms with E-state index in [1.807, 2.05) is 0 Å². The zero-order chi connectivity index (χ0) is 15.4. The SMILES string of the molecule is N/C(=N\O)c1cccc(/C=C/c2cc(O)c(O)cc2F)c1. The van der Waals surface area contributed by atoms with E-state index >= 15 is 0 Å². The molecule has 0 bridgehead atoms. The van der Waals surface area contributed by atoms with Gasteiger partial charge >= 0.3 is 0 Å². The Hall–Kier alpha value is -3.02. The van der Waals surface area contributed by atoms with Crippen LogP contribution in [0.5, 0.6) is 11.5 Å². The van der Waals surface area contributed by atoms with E-state index in [0.29, 0.717) is 11.1 Å². The third kappa shape index (κ3) is 3.30. The van der Waals surface area contributed by atoms with Crippen molar-refractivity contribution in [1.82, 2.24) is 0 Å². The van der Waals surface area contributed by atoms with Crippen LogP contribution in [0.3, 0.4) is 0 Å². The third-order valence-corrected chi connectivity index (χ3v) is 2.84. The number of rotatable bonds is 3. The second-order valence-corrected chi connectivity index (χ2v) is 4.31. The molecule has 0 aliphatic heterocycles. The molecule has 2 rings (SSSR count). The summed E-state index contributed by atoms with van der Waals surface area (Å²) in [6.07, 6.45) is 3.04. The number of nitrogens with two attached hydrogens (primary N) is 1. The monoisotopic (exact) mass is 288 g/mol. The highest BCUT2D eigenvalue weighted by molar-refractivity contribution is 5.97. The van der Waals surface area contributed by atoms with Gasteiger partial charge in [-0.25, -0.2) is 4.39 Å². The number of aromatic hydroxyl groups is 2. The second kappa shape index (κ2) is 5.96. The average Bonchev–Trinajstić information content (AvgIpc) is 2.49. The molecule has 0 saturated heterocycles. The van der Waals surface area contributed by atoms with E-state index in [4.69, 9.17) is 16.0 Å². The lowest BCUT2D eigenvalue weighted by Crippen LogP contribution is -2.12. The van der Waals surface area contributed by atoms with Crippen LogP contribution in [0.25, 0.3) is 12.2 Å². The van der Waals surface area contributed by atoms with E-state index in [9.17, 15) is 9.50 Å². The van der Waals surface area contributed by atoms with Crippen LogP contribution in [0.15, 0.2) is 41.6 Å². The molecule has 5 nitrogen and oxygen atoms in total. The normalized spacial score (nSPS) is 12.0. The predicted molar refractivity (Wildman–Crippen MR) is 77.6 cm³/mol. The minimum atomic E-state index is -0.658. The molecule has 21 heavy (non-hydrogen) atoms. The summed E-state index contributed by atoms with van der Waals surface area (Å²) in [5.41, 5.74) is 6.83. The number of benzene rings is 2. The van der Waals surface area contributed by atoms with Crippen molar-refractivity contribution in [1.29, 1.82) is 0 Å². The maximum absolute atomic E-state index is 13.6. The Balaban J connectivity index is 2.32. The van der Waals surface area contributed by atoms with E-state index in [2.05, 4.69) is 5.16 Å². The van der Waals surface area contributed by atoms with Gasteiger partial charge in [0.25, 0.3) is 0 Å². The molecule has 0 atom stereocenters. The molecule has 0 fully saturated rings. The summed E-state index contributed by atoms with van der Waals surface area (Å²) in [7, 11) is 0. The van der Waals surface area contributed by atoms with Crippen molar-refractivity contribution in [2.45, 2.75) is 0 Å². The fourth-order valence-corrected chi connectivity index (χ4v) is 1.74. The quantitative estimate of drug-likeness (QED) is 0.174. The molecule has 0 aliphatic carbocycles. The topological polar surface area (TPSA) is 99.1 Å². The van der Waals surface area contributed by atoms with Crippen LogP contribution < -0.4 is 5.73 Å². The van der Waals surface area contributed by atoms with Gasteiger partial charge in [-0.15, -0.1) is 0 Å². The van der Waals surface area contributed by atoms with Crippen LogP contribution in [-0.4, -0.2) is 21.3 Å². The molecule has 6 heteroatoms. The standard InChI is InChI=1S/C15H13FN2O3/c16-12-8-14(20)13(19)7-10(12)5-4-9-2-1-3-11(6-9)15(17)18-21/h1-8,19-21H,(H2,17,18)/b5-4+. The Morgan fingerprint density at radius 1 is 1.10 bits per heavy atom. The van der Waals surface area contributed by atoms with Crippen LogP contribution in [0.1, 0.15) is 16.7 Å². The summed E-state index contributed by atoms with van der Waals surface area (Å²) < 4.78 is 13.6. The smallest absolute Gasteiger partial charge is 0.170 e. The predicted octanol–water partition coefficient (Wildman–Crippen LogP) is 2.50. The first-order chi connectivity index (χ1) is 10.0. The molecule has 5 N–H and O–H groups in total. The Bertz CT molecular complexity index is 727. The number of amidine groups is 1. The molecule has 0 saturated carbocycles. The van der Waals surface area contributed by atoms with Crippen LogP contribution in [0.4, 0.5) is 4.39 Å². The minimum Gasteiger partial charge on any atom is -0.504 e. The van der Waals surface area contributed by atoms with Gasteiger partial charge in [-0.2, -0.15) is 0 Å². The van der Waals surface area contributed by atoms with Crippen LogP contribution in [-0.2, 0) is 0 Å². The van der Waals surface area contributed by atoms with Crippen LogP contribution >= 0.6 is 0 Å². The molecule has 0 aliphatic rings. The zero-order valence-electron chi connectivity index (χ0n) is 10.9. The summed E-state index contributed by atoms with van der Waals surface area (Å²) in [5.74, 6) is -1.60.